The molecule has 0 saturated carbocycles. The van der Waals surface area contributed by atoms with Crippen molar-refractivity contribution in [3.63, 3.8) is 0 Å². The largest absolute Gasteiger partial charge is 0.461 e. The average Bonchev–Trinajstić information content (AvgIpc) is 3.39. The lowest BCUT2D eigenvalue weighted by atomic mass is 9.92. The van der Waals surface area contributed by atoms with E-state index < -0.39 is 17.7 Å². The molecule has 4 aromatic rings. The van der Waals surface area contributed by atoms with E-state index in [1.54, 1.807) is 43.5 Å². The van der Waals surface area contributed by atoms with Crippen molar-refractivity contribution in [3.8, 4) is 22.6 Å². The maximum absolute atomic E-state index is 13.7. The second-order valence-electron chi connectivity index (χ2n) is 9.15. The molecule has 1 aliphatic heterocycles. The summed E-state index contributed by atoms with van der Waals surface area (Å²) in [6.07, 6.45) is 2.16. The van der Waals surface area contributed by atoms with Gasteiger partial charge in [-0.1, -0.05) is 12.7 Å². The number of benzene rings is 2. The number of nitrogens with one attached hydrogen (secondary N) is 2. The first-order valence-electron chi connectivity index (χ1n) is 12.1. The number of esters is 1. The molecule has 2 aromatic heterocycles. The third kappa shape index (κ3) is 5.84. The maximum atomic E-state index is 13.7. The van der Waals surface area contributed by atoms with Gasteiger partial charge in [-0.05, 0) is 61.5 Å². The lowest BCUT2D eigenvalue weighted by Crippen LogP contribution is -2.43. The Morgan fingerprint density at radius 2 is 1.77 bits per heavy atom. The number of hydrogen-bond donors (Lipinski definition) is 2. The molecule has 200 valence electrons. The van der Waals surface area contributed by atoms with Gasteiger partial charge in [0.1, 0.15) is 23.7 Å². The summed E-state index contributed by atoms with van der Waals surface area (Å²) >= 11 is 0. The number of hydrogen-bond acceptors (Lipinski definition) is 8. The number of ether oxygens (including phenoxy) is 3. The van der Waals surface area contributed by atoms with Gasteiger partial charge in [0.25, 0.3) is 0 Å². The molecule has 9 nitrogen and oxygen atoms in total. The van der Waals surface area contributed by atoms with Crippen LogP contribution in [-0.2, 0) is 19.0 Å². The molecule has 1 fully saturated rings. The molecule has 1 aliphatic rings. The van der Waals surface area contributed by atoms with E-state index in [9.17, 15) is 13.6 Å². The number of aromatic nitrogens is 4. The molecule has 3 heterocycles. The number of nitrogens with zero attached hydrogens (tertiary/aromatic N) is 3. The lowest BCUT2D eigenvalue weighted by molar-refractivity contribution is -0.238. The fourth-order valence-electron chi connectivity index (χ4n) is 3.92. The van der Waals surface area contributed by atoms with Gasteiger partial charge < -0.3 is 24.5 Å². The molecule has 0 unspecified atom stereocenters. The van der Waals surface area contributed by atoms with Crippen molar-refractivity contribution < 1.29 is 27.8 Å². The molecule has 0 aliphatic carbocycles. The highest BCUT2D eigenvalue weighted by Gasteiger charge is 2.42. The minimum Gasteiger partial charge on any atom is -0.461 e. The molecular weight excluding hydrogens is 508 g/mol. The van der Waals surface area contributed by atoms with Crippen molar-refractivity contribution in [1.82, 2.24) is 19.9 Å². The first-order chi connectivity index (χ1) is 18.8. The van der Waals surface area contributed by atoms with E-state index in [-0.39, 0.29) is 37.4 Å². The fourth-order valence-corrected chi connectivity index (χ4v) is 3.92. The quantitative estimate of drug-likeness (QED) is 0.231. The summed E-state index contributed by atoms with van der Waals surface area (Å²) < 4.78 is 43.9. The number of halogens is 2. The Balaban J connectivity index is 1.44. The summed E-state index contributed by atoms with van der Waals surface area (Å²) in [5, 5.41) is 3.04. The van der Waals surface area contributed by atoms with Crippen LogP contribution < -0.4 is 5.32 Å². The highest BCUT2D eigenvalue weighted by Crippen LogP contribution is 2.36. The first-order valence-corrected chi connectivity index (χ1v) is 12.1. The molecule has 2 N–H and O–H groups in total. The minimum absolute atomic E-state index is 0.0504. The van der Waals surface area contributed by atoms with E-state index in [0.717, 1.165) is 0 Å². The minimum atomic E-state index is -0.984. The SMILES string of the molecule is C=CCOC(=O)C1(C)COC(c2nc(-c3ccc(F)cc3)c(-c3ccnc(Nc4ccc(F)cc4)n3)[nH]2)OC1. The Hall–Kier alpha value is -4.48. The third-order valence-corrected chi connectivity index (χ3v) is 6.01. The van der Waals surface area contributed by atoms with E-state index in [4.69, 9.17) is 19.2 Å². The Bertz CT molecular complexity index is 1470. The predicted molar refractivity (Wildman–Crippen MR) is 139 cm³/mol. The van der Waals surface area contributed by atoms with E-state index in [1.807, 2.05) is 0 Å². The average molecular weight is 534 g/mol. The lowest BCUT2D eigenvalue weighted by Gasteiger charge is -2.34. The van der Waals surface area contributed by atoms with Crippen LogP contribution in [0, 0.1) is 17.0 Å². The van der Waals surface area contributed by atoms with E-state index in [1.165, 1.54) is 30.3 Å². The molecule has 0 bridgehead atoms. The van der Waals surface area contributed by atoms with Gasteiger partial charge in [-0.25, -0.2) is 23.7 Å². The van der Waals surface area contributed by atoms with Crippen molar-refractivity contribution in [3.05, 3.63) is 90.9 Å². The van der Waals surface area contributed by atoms with Crippen LogP contribution in [0.3, 0.4) is 0 Å². The smallest absolute Gasteiger partial charge is 0.316 e. The fraction of sp³-hybridized carbons (Fsp3) is 0.214. The molecule has 39 heavy (non-hydrogen) atoms. The highest BCUT2D eigenvalue weighted by molar-refractivity contribution is 5.78. The maximum Gasteiger partial charge on any atom is 0.316 e. The molecule has 0 amide bonds. The van der Waals surface area contributed by atoms with Gasteiger partial charge in [-0.15, -0.1) is 0 Å². The predicted octanol–water partition coefficient (Wildman–Crippen LogP) is 5.34. The van der Waals surface area contributed by atoms with E-state index in [0.29, 0.717) is 34.2 Å². The summed E-state index contributed by atoms with van der Waals surface area (Å²) in [4.78, 5) is 29.2. The summed E-state index contributed by atoms with van der Waals surface area (Å²) in [5.74, 6) is -0.567. The monoisotopic (exact) mass is 533 g/mol. The van der Waals surface area contributed by atoms with Crippen LogP contribution in [0.1, 0.15) is 19.0 Å². The molecule has 11 heteroatoms. The van der Waals surface area contributed by atoms with Crippen LogP contribution in [0.5, 0.6) is 0 Å². The van der Waals surface area contributed by atoms with Crippen molar-refractivity contribution in [2.45, 2.75) is 13.2 Å². The van der Waals surface area contributed by atoms with Gasteiger partial charge in [0.15, 0.2) is 5.82 Å². The number of aromatic amines is 1. The Morgan fingerprint density at radius 3 is 2.44 bits per heavy atom. The summed E-state index contributed by atoms with van der Waals surface area (Å²) in [6.45, 7) is 5.44. The van der Waals surface area contributed by atoms with Crippen molar-refractivity contribution >= 4 is 17.6 Å². The van der Waals surface area contributed by atoms with Gasteiger partial charge in [0, 0.05) is 17.4 Å². The van der Waals surface area contributed by atoms with Gasteiger partial charge in [-0.3, -0.25) is 4.79 Å². The first kappa shape index (κ1) is 26.1. The zero-order chi connectivity index (χ0) is 27.4. The molecule has 0 radical (unpaired) electrons. The Morgan fingerprint density at radius 1 is 1.10 bits per heavy atom. The number of carbonyl (C=O) groups is 1. The van der Waals surface area contributed by atoms with Gasteiger partial charge in [0.2, 0.25) is 12.2 Å². The number of H-pyrrole nitrogens is 1. The van der Waals surface area contributed by atoms with Crippen LogP contribution in [0.15, 0.2) is 73.4 Å². The highest BCUT2D eigenvalue weighted by atomic mass is 19.1. The third-order valence-electron chi connectivity index (χ3n) is 6.01. The van der Waals surface area contributed by atoms with E-state index in [2.05, 4.69) is 26.8 Å². The van der Waals surface area contributed by atoms with Crippen LogP contribution in [0.25, 0.3) is 22.6 Å². The van der Waals surface area contributed by atoms with Crippen LogP contribution in [-0.4, -0.2) is 45.7 Å². The van der Waals surface area contributed by atoms with Crippen LogP contribution >= 0.6 is 0 Å². The van der Waals surface area contributed by atoms with E-state index >= 15 is 0 Å². The zero-order valence-corrected chi connectivity index (χ0v) is 21.0. The standard InChI is InChI=1S/C28H25F2N5O4/c1-3-14-37-26(36)28(2)15-38-25(39-16-28)24-34-22(17-4-6-18(29)7-5-17)23(35-24)21-12-13-31-27(33-21)32-20-10-8-19(30)9-11-20/h3-13,25H,1,14-16H2,2H3,(H,34,35)(H,31,32,33). The second-order valence-corrected chi connectivity index (χ2v) is 9.15. The summed E-state index contributed by atoms with van der Waals surface area (Å²) in [6, 6.07) is 13.4. The van der Waals surface area contributed by atoms with Crippen LogP contribution in [0.2, 0.25) is 0 Å². The normalized spacial score (nSPS) is 18.9. The summed E-state index contributed by atoms with van der Waals surface area (Å²) in [5.41, 5.74) is 1.75. The van der Waals surface area contributed by atoms with Gasteiger partial charge in [-0.2, -0.15) is 0 Å². The van der Waals surface area contributed by atoms with Crippen LogP contribution in [0.4, 0.5) is 20.4 Å². The number of anilines is 2. The molecule has 1 saturated heterocycles. The van der Waals surface area contributed by atoms with Crippen molar-refractivity contribution in [1.29, 1.82) is 0 Å². The number of carbonyl (C=O) groups excluding carboxylic acids is 1. The van der Waals surface area contributed by atoms with Gasteiger partial charge >= 0.3 is 5.97 Å². The topological polar surface area (TPSA) is 111 Å². The molecule has 5 rings (SSSR count). The number of rotatable bonds is 8. The molecular formula is C28H25F2N5O4. The van der Waals surface area contributed by atoms with Crippen molar-refractivity contribution in [2.24, 2.45) is 5.41 Å². The molecule has 0 spiro atoms. The molecule has 2 aromatic carbocycles. The molecule has 0 atom stereocenters. The second kappa shape index (κ2) is 11.1. The Labute approximate surface area is 222 Å². The number of imidazole rings is 1. The zero-order valence-electron chi connectivity index (χ0n) is 21.0. The Kier molecular flexibility index (Phi) is 7.44. The van der Waals surface area contributed by atoms with Crippen molar-refractivity contribution in [2.75, 3.05) is 25.1 Å². The van der Waals surface area contributed by atoms with Gasteiger partial charge in [0.05, 0.1) is 30.3 Å². The summed E-state index contributed by atoms with van der Waals surface area (Å²) in [7, 11) is 0.